The van der Waals surface area contributed by atoms with Gasteiger partial charge >= 0.3 is 0 Å². The van der Waals surface area contributed by atoms with Crippen LogP contribution in [0.3, 0.4) is 0 Å². The Hall–Kier alpha value is -1.71. The molecular formula is C13H21N3O6. The highest BCUT2D eigenvalue weighted by Gasteiger charge is 2.55. The van der Waals surface area contributed by atoms with Crippen molar-refractivity contribution in [2.45, 2.75) is 37.3 Å². The molecule has 2 aliphatic heterocycles. The van der Waals surface area contributed by atoms with Crippen molar-refractivity contribution in [1.82, 2.24) is 9.96 Å². The van der Waals surface area contributed by atoms with Gasteiger partial charge in [0.05, 0.1) is 19.8 Å². The van der Waals surface area contributed by atoms with E-state index < -0.39 is 30.1 Å². The van der Waals surface area contributed by atoms with Gasteiger partial charge in [-0.2, -0.15) is 0 Å². The molecule has 0 aromatic rings. The quantitative estimate of drug-likeness (QED) is 0.506. The zero-order chi connectivity index (χ0) is 16.3. The summed E-state index contributed by atoms with van der Waals surface area (Å²) in [4.78, 5) is 42.5. The number of amides is 3. The first-order chi connectivity index (χ1) is 10.5. The molecule has 3 amide bonds. The Balaban J connectivity index is 2.12. The third-order valence-corrected chi connectivity index (χ3v) is 4.21. The summed E-state index contributed by atoms with van der Waals surface area (Å²) in [5.74, 6) is -1.55. The zero-order valence-electron chi connectivity index (χ0n) is 12.2. The minimum Gasteiger partial charge on any atom is -0.396 e. The molecule has 9 heteroatoms. The maximum absolute atomic E-state index is 12.6. The highest BCUT2D eigenvalue weighted by molar-refractivity contribution is 5.93. The average molecular weight is 315 g/mol. The van der Waals surface area contributed by atoms with Crippen LogP contribution in [0.1, 0.15) is 25.7 Å². The van der Waals surface area contributed by atoms with E-state index in [0.717, 1.165) is 5.06 Å². The topological polar surface area (TPSA) is 133 Å². The highest BCUT2D eigenvalue weighted by atomic mass is 16.7. The molecule has 2 fully saturated rings. The predicted octanol–water partition coefficient (Wildman–Crippen LogP) is -2.26. The van der Waals surface area contributed by atoms with Gasteiger partial charge in [-0.3, -0.25) is 19.2 Å². The van der Waals surface area contributed by atoms with Crippen LogP contribution in [-0.4, -0.2) is 75.8 Å². The van der Waals surface area contributed by atoms with E-state index in [1.54, 1.807) is 0 Å². The molecule has 124 valence electrons. The van der Waals surface area contributed by atoms with Crippen molar-refractivity contribution in [3.05, 3.63) is 0 Å². The van der Waals surface area contributed by atoms with Gasteiger partial charge in [0.15, 0.2) is 6.10 Å². The Morgan fingerprint density at radius 1 is 1.32 bits per heavy atom. The fraction of sp³-hybridized carbons (Fsp3) is 0.769. The maximum Gasteiger partial charge on any atom is 0.272 e. The molecule has 22 heavy (non-hydrogen) atoms. The van der Waals surface area contributed by atoms with Crippen LogP contribution in [0.5, 0.6) is 0 Å². The van der Waals surface area contributed by atoms with Gasteiger partial charge in [-0.1, -0.05) is 0 Å². The van der Waals surface area contributed by atoms with Crippen molar-refractivity contribution in [3.8, 4) is 0 Å². The van der Waals surface area contributed by atoms with E-state index in [9.17, 15) is 14.4 Å². The molecule has 0 saturated carbocycles. The fourth-order valence-corrected chi connectivity index (χ4v) is 3.11. The number of hydrogen-bond acceptors (Lipinski definition) is 6. The second-order valence-electron chi connectivity index (χ2n) is 5.49. The summed E-state index contributed by atoms with van der Waals surface area (Å²) >= 11 is 0. The molecule has 4 N–H and O–H groups in total. The summed E-state index contributed by atoms with van der Waals surface area (Å²) in [6, 6.07) is 0. The van der Waals surface area contributed by atoms with Gasteiger partial charge in [0.25, 0.3) is 11.8 Å². The van der Waals surface area contributed by atoms with Crippen molar-refractivity contribution in [2.75, 3.05) is 26.3 Å². The molecule has 0 aromatic heterocycles. The van der Waals surface area contributed by atoms with Crippen LogP contribution in [0.2, 0.25) is 0 Å². The first-order valence-corrected chi connectivity index (χ1v) is 7.26. The van der Waals surface area contributed by atoms with Crippen molar-refractivity contribution >= 4 is 17.7 Å². The predicted molar refractivity (Wildman–Crippen MR) is 72.9 cm³/mol. The third-order valence-electron chi connectivity index (χ3n) is 4.21. The van der Waals surface area contributed by atoms with Crippen LogP contribution in [0, 0.1) is 0 Å². The number of carbonyl (C=O) groups is 3. The fourth-order valence-electron chi connectivity index (χ4n) is 3.11. The van der Waals surface area contributed by atoms with E-state index in [-0.39, 0.29) is 25.5 Å². The molecule has 0 aromatic carbocycles. The monoisotopic (exact) mass is 315 g/mol. The Bertz CT molecular complexity index is 471. The van der Waals surface area contributed by atoms with E-state index in [4.69, 9.17) is 20.8 Å². The van der Waals surface area contributed by atoms with Crippen LogP contribution < -0.4 is 5.73 Å². The molecule has 9 nitrogen and oxygen atoms in total. The molecule has 0 radical (unpaired) electrons. The SMILES string of the molecule is NC(=O)C(CO)ON1CCC2(CCCN2C(=O)CCO)C1=O. The molecule has 0 bridgehead atoms. The summed E-state index contributed by atoms with van der Waals surface area (Å²) < 4.78 is 0. The van der Waals surface area contributed by atoms with Crippen molar-refractivity contribution in [1.29, 1.82) is 0 Å². The van der Waals surface area contributed by atoms with Crippen LogP contribution in [-0.2, 0) is 19.2 Å². The standard InChI is InChI=1S/C13H21N3O6/c14-11(20)9(8-18)22-16-6-4-13(12(16)21)3-1-5-15(13)10(19)2-7-17/h9,17-18H,1-8H2,(H2,14,20). The summed E-state index contributed by atoms with van der Waals surface area (Å²) in [6.45, 7) is -0.226. The first kappa shape index (κ1) is 16.7. The number of nitrogens with zero attached hydrogens (tertiary/aromatic N) is 2. The number of carbonyl (C=O) groups excluding carboxylic acids is 3. The molecule has 2 rings (SSSR count). The molecule has 2 heterocycles. The number of rotatable bonds is 6. The molecule has 2 unspecified atom stereocenters. The maximum atomic E-state index is 12.6. The van der Waals surface area contributed by atoms with Crippen molar-refractivity contribution in [2.24, 2.45) is 5.73 Å². The summed E-state index contributed by atoms with van der Waals surface area (Å²) in [6.07, 6.45) is 0.275. The van der Waals surface area contributed by atoms with Crippen LogP contribution in [0.25, 0.3) is 0 Å². The molecule has 2 saturated heterocycles. The lowest BCUT2D eigenvalue weighted by Gasteiger charge is -2.33. The highest BCUT2D eigenvalue weighted by Crippen LogP contribution is 2.39. The Kier molecular flexibility index (Phi) is 4.99. The van der Waals surface area contributed by atoms with E-state index >= 15 is 0 Å². The third kappa shape index (κ3) is 2.79. The van der Waals surface area contributed by atoms with Gasteiger partial charge in [-0.05, 0) is 19.3 Å². The number of hydrogen-bond donors (Lipinski definition) is 3. The van der Waals surface area contributed by atoms with E-state index in [0.29, 0.717) is 25.8 Å². The average Bonchev–Trinajstić information content (AvgIpc) is 3.04. The lowest BCUT2D eigenvalue weighted by molar-refractivity contribution is -0.206. The zero-order valence-corrected chi connectivity index (χ0v) is 12.2. The molecular weight excluding hydrogens is 294 g/mol. The minimum absolute atomic E-state index is 0.0313. The van der Waals surface area contributed by atoms with Crippen molar-refractivity contribution in [3.63, 3.8) is 0 Å². The van der Waals surface area contributed by atoms with E-state index in [2.05, 4.69) is 0 Å². The Morgan fingerprint density at radius 3 is 2.64 bits per heavy atom. The second-order valence-corrected chi connectivity index (χ2v) is 5.49. The number of aliphatic hydroxyl groups excluding tert-OH is 2. The molecule has 1 spiro atoms. The van der Waals surface area contributed by atoms with Gasteiger partial charge in [-0.15, -0.1) is 0 Å². The second kappa shape index (κ2) is 6.59. The number of aliphatic hydroxyl groups is 2. The molecule has 2 atom stereocenters. The number of nitrogens with two attached hydrogens (primary N) is 1. The van der Waals surface area contributed by atoms with Gasteiger partial charge < -0.3 is 20.8 Å². The van der Waals surface area contributed by atoms with E-state index in [1.165, 1.54) is 4.90 Å². The van der Waals surface area contributed by atoms with Gasteiger partial charge in [0, 0.05) is 13.0 Å². The number of likely N-dealkylation sites (tertiary alicyclic amines) is 1. The summed E-state index contributed by atoms with van der Waals surface area (Å²) in [7, 11) is 0. The van der Waals surface area contributed by atoms with Gasteiger partial charge in [-0.25, -0.2) is 5.06 Å². The lowest BCUT2D eigenvalue weighted by Crippen LogP contribution is -2.53. The van der Waals surface area contributed by atoms with Crippen molar-refractivity contribution < 1.29 is 29.4 Å². The number of hydroxylamine groups is 2. The Morgan fingerprint density at radius 2 is 2.05 bits per heavy atom. The van der Waals surface area contributed by atoms with Crippen LogP contribution in [0.15, 0.2) is 0 Å². The summed E-state index contributed by atoms with van der Waals surface area (Å²) in [5, 5.41) is 19.0. The largest absolute Gasteiger partial charge is 0.396 e. The normalized spacial score (nSPS) is 26.0. The van der Waals surface area contributed by atoms with E-state index in [1.807, 2.05) is 0 Å². The molecule has 0 aliphatic carbocycles. The van der Waals surface area contributed by atoms with Crippen LogP contribution >= 0.6 is 0 Å². The summed E-state index contributed by atoms with van der Waals surface area (Å²) in [5.41, 5.74) is 4.11. The lowest BCUT2D eigenvalue weighted by atomic mass is 9.94. The van der Waals surface area contributed by atoms with Gasteiger partial charge in [0.2, 0.25) is 5.91 Å². The Labute approximate surface area is 127 Å². The van der Waals surface area contributed by atoms with Crippen LogP contribution in [0.4, 0.5) is 0 Å². The smallest absolute Gasteiger partial charge is 0.272 e. The first-order valence-electron chi connectivity index (χ1n) is 7.26. The minimum atomic E-state index is -1.29. The molecule has 2 aliphatic rings. The van der Waals surface area contributed by atoms with Gasteiger partial charge in [0.1, 0.15) is 5.54 Å². The number of primary amides is 1.